The molecule has 154 valence electrons. The van der Waals surface area contributed by atoms with Gasteiger partial charge in [-0.05, 0) is 25.0 Å². The standard InChI is InChI=1S/C19H22ClN5O3S/c1-10(2)8-21-15-6-5-13(7-14(15)20)27-19-22-9-16(29-19)17-24-18(28-25-17)11(3)23-12(4)26/h5-7,9-11,21H,8H2,1-4H3,(H,23,26). The molecule has 2 aromatic heterocycles. The number of hydrogen-bond donors (Lipinski definition) is 2. The van der Waals surface area contributed by atoms with E-state index >= 15 is 0 Å². The minimum absolute atomic E-state index is 0.171. The molecule has 8 nitrogen and oxygen atoms in total. The number of carbonyl (C=O) groups excluding carboxylic acids is 1. The van der Waals surface area contributed by atoms with E-state index in [0.29, 0.717) is 38.5 Å². The Hall–Kier alpha value is -2.65. The van der Waals surface area contributed by atoms with Gasteiger partial charge in [0.1, 0.15) is 11.8 Å². The lowest BCUT2D eigenvalue weighted by Crippen LogP contribution is -2.23. The summed E-state index contributed by atoms with van der Waals surface area (Å²) in [5.41, 5.74) is 0.861. The average Bonchev–Trinajstić information content (AvgIpc) is 3.29. The van der Waals surface area contributed by atoms with Crippen LogP contribution in [0.3, 0.4) is 0 Å². The third-order valence-corrected chi connectivity index (χ3v) is 4.97. The van der Waals surface area contributed by atoms with Crippen molar-refractivity contribution in [1.29, 1.82) is 0 Å². The Kier molecular flexibility index (Phi) is 6.71. The van der Waals surface area contributed by atoms with Gasteiger partial charge in [0, 0.05) is 19.5 Å². The van der Waals surface area contributed by atoms with E-state index in [1.165, 1.54) is 18.3 Å². The molecule has 1 unspecified atom stereocenters. The number of aromatic nitrogens is 3. The van der Waals surface area contributed by atoms with E-state index in [-0.39, 0.29) is 11.9 Å². The highest BCUT2D eigenvalue weighted by atomic mass is 35.5. The normalized spacial score (nSPS) is 12.1. The van der Waals surface area contributed by atoms with Gasteiger partial charge in [-0.15, -0.1) is 0 Å². The molecule has 0 saturated carbocycles. The third-order valence-electron chi connectivity index (χ3n) is 3.78. The van der Waals surface area contributed by atoms with E-state index in [4.69, 9.17) is 20.9 Å². The first-order valence-electron chi connectivity index (χ1n) is 9.10. The zero-order valence-corrected chi connectivity index (χ0v) is 18.1. The van der Waals surface area contributed by atoms with E-state index in [0.717, 1.165) is 12.2 Å². The molecule has 0 fully saturated rings. The van der Waals surface area contributed by atoms with Gasteiger partial charge in [0.25, 0.3) is 5.19 Å². The zero-order chi connectivity index (χ0) is 21.0. The number of ether oxygens (including phenoxy) is 1. The van der Waals surface area contributed by atoms with Crippen LogP contribution in [0.1, 0.15) is 39.6 Å². The van der Waals surface area contributed by atoms with Gasteiger partial charge in [-0.2, -0.15) is 4.98 Å². The van der Waals surface area contributed by atoms with Crippen LogP contribution < -0.4 is 15.4 Å². The topological polar surface area (TPSA) is 102 Å². The van der Waals surface area contributed by atoms with Crippen LogP contribution in [0.4, 0.5) is 5.69 Å². The van der Waals surface area contributed by atoms with Crippen molar-refractivity contribution in [3.8, 4) is 21.6 Å². The maximum absolute atomic E-state index is 11.2. The SMILES string of the molecule is CC(=O)NC(C)c1nc(-c2cnc(Oc3ccc(NCC(C)C)c(Cl)c3)s2)no1. The fourth-order valence-electron chi connectivity index (χ4n) is 2.40. The number of amides is 1. The Labute approximate surface area is 177 Å². The first-order chi connectivity index (χ1) is 13.8. The van der Waals surface area contributed by atoms with Crippen molar-refractivity contribution in [2.24, 2.45) is 5.92 Å². The highest BCUT2D eigenvalue weighted by Crippen LogP contribution is 2.34. The first-order valence-corrected chi connectivity index (χ1v) is 10.3. The number of nitrogens with one attached hydrogen (secondary N) is 2. The van der Waals surface area contributed by atoms with Crippen LogP contribution >= 0.6 is 22.9 Å². The molecule has 3 aromatic rings. The molecule has 2 N–H and O–H groups in total. The highest BCUT2D eigenvalue weighted by molar-refractivity contribution is 7.16. The number of rotatable bonds is 8. The number of thiazole rings is 1. The zero-order valence-electron chi connectivity index (χ0n) is 16.5. The maximum Gasteiger partial charge on any atom is 0.279 e. The molecule has 10 heteroatoms. The molecule has 0 bridgehead atoms. The summed E-state index contributed by atoms with van der Waals surface area (Å²) in [6, 6.07) is 5.08. The summed E-state index contributed by atoms with van der Waals surface area (Å²) in [7, 11) is 0. The number of halogens is 1. The molecule has 1 atom stereocenters. The predicted molar refractivity (Wildman–Crippen MR) is 112 cm³/mol. The van der Waals surface area contributed by atoms with Gasteiger partial charge in [0.2, 0.25) is 17.6 Å². The summed E-state index contributed by atoms with van der Waals surface area (Å²) < 4.78 is 11.0. The number of hydrogen-bond acceptors (Lipinski definition) is 8. The second-order valence-corrected chi connectivity index (χ2v) is 8.29. The molecule has 0 saturated heterocycles. The summed E-state index contributed by atoms with van der Waals surface area (Å²) in [4.78, 5) is 20.4. The quantitative estimate of drug-likeness (QED) is 0.518. The molecule has 3 rings (SSSR count). The molecule has 29 heavy (non-hydrogen) atoms. The second kappa shape index (κ2) is 9.23. The monoisotopic (exact) mass is 435 g/mol. The lowest BCUT2D eigenvalue weighted by Gasteiger charge is -2.11. The van der Waals surface area contributed by atoms with Crippen LogP contribution in [-0.2, 0) is 4.79 Å². The van der Waals surface area contributed by atoms with E-state index < -0.39 is 0 Å². The van der Waals surface area contributed by atoms with Gasteiger partial charge in [-0.3, -0.25) is 4.79 Å². The van der Waals surface area contributed by atoms with Crippen LogP contribution in [0.5, 0.6) is 10.9 Å². The third kappa shape index (κ3) is 5.68. The Balaban J connectivity index is 1.67. The lowest BCUT2D eigenvalue weighted by atomic mass is 10.2. The van der Waals surface area contributed by atoms with Gasteiger partial charge >= 0.3 is 0 Å². The number of benzene rings is 1. The maximum atomic E-state index is 11.2. The summed E-state index contributed by atoms with van der Waals surface area (Å²) in [6.45, 7) is 8.29. The van der Waals surface area contributed by atoms with E-state index in [1.54, 1.807) is 19.2 Å². The van der Waals surface area contributed by atoms with E-state index in [9.17, 15) is 4.79 Å². The molecule has 2 heterocycles. The summed E-state index contributed by atoms with van der Waals surface area (Å²) in [5, 5.41) is 10.9. The van der Waals surface area contributed by atoms with Gasteiger partial charge in [0.15, 0.2) is 0 Å². The van der Waals surface area contributed by atoms with Crippen molar-refractivity contribution < 1.29 is 14.1 Å². The molecule has 0 aliphatic carbocycles. The van der Waals surface area contributed by atoms with Crippen molar-refractivity contribution >= 4 is 34.5 Å². The van der Waals surface area contributed by atoms with Gasteiger partial charge < -0.3 is 19.9 Å². The molecule has 1 aromatic carbocycles. The summed E-state index contributed by atoms with van der Waals surface area (Å²) in [5.74, 6) is 1.63. The first kappa shape index (κ1) is 21.1. The largest absolute Gasteiger partial charge is 0.431 e. The highest BCUT2D eigenvalue weighted by Gasteiger charge is 2.18. The number of anilines is 1. The number of carbonyl (C=O) groups is 1. The Morgan fingerprint density at radius 1 is 1.34 bits per heavy atom. The van der Waals surface area contributed by atoms with Crippen molar-refractivity contribution in [1.82, 2.24) is 20.4 Å². The fraction of sp³-hybridized carbons (Fsp3) is 0.368. The smallest absolute Gasteiger partial charge is 0.279 e. The summed E-state index contributed by atoms with van der Waals surface area (Å²) in [6.07, 6.45) is 1.61. The molecule has 0 spiro atoms. The molecule has 0 aliphatic rings. The minimum atomic E-state index is -0.373. The Morgan fingerprint density at radius 3 is 2.83 bits per heavy atom. The second-order valence-electron chi connectivity index (χ2n) is 6.89. The predicted octanol–water partition coefficient (Wildman–Crippen LogP) is 4.90. The van der Waals surface area contributed by atoms with Crippen molar-refractivity contribution in [2.45, 2.75) is 33.7 Å². The average molecular weight is 436 g/mol. The van der Waals surface area contributed by atoms with E-state index in [1.807, 2.05) is 12.1 Å². The number of nitrogens with zero attached hydrogens (tertiary/aromatic N) is 3. The van der Waals surface area contributed by atoms with Crippen LogP contribution in [0.25, 0.3) is 10.7 Å². The minimum Gasteiger partial charge on any atom is -0.431 e. The van der Waals surface area contributed by atoms with Crippen LogP contribution in [0.2, 0.25) is 5.02 Å². The molecular weight excluding hydrogens is 414 g/mol. The summed E-state index contributed by atoms with van der Waals surface area (Å²) >= 11 is 7.61. The van der Waals surface area contributed by atoms with Crippen molar-refractivity contribution in [2.75, 3.05) is 11.9 Å². The Morgan fingerprint density at radius 2 is 2.14 bits per heavy atom. The van der Waals surface area contributed by atoms with Crippen LogP contribution in [-0.4, -0.2) is 27.6 Å². The van der Waals surface area contributed by atoms with Gasteiger partial charge in [-0.1, -0.05) is 41.9 Å². The van der Waals surface area contributed by atoms with Crippen LogP contribution in [0.15, 0.2) is 28.9 Å². The molecule has 1 amide bonds. The van der Waals surface area contributed by atoms with Gasteiger partial charge in [-0.25, -0.2) is 4.98 Å². The molecule has 0 radical (unpaired) electrons. The molecular formula is C19H22ClN5O3S. The van der Waals surface area contributed by atoms with Crippen LogP contribution in [0, 0.1) is 5.92 Å². The van der Waals surface area contributed by atoms with Crippen molar-refractivity contribution in [3.63, 3.8) is 0 Å². The van der Waals surface area contributed by atoms with Crippen molar-refractivity contribution in [3.05, 3.63) is 35.3 Å². The Bertz CT molecular complexity index is 988. The lowest BCUT2D eigenvalue weighted by molar-refractivity contribution is -0.119. The van der Waals surface area contributed by atoms with E-state index in [2.05, 4.69) is 39.6 Å². The fourth-order valence-corrected chi connectivity index (χ4v) is 3.35. The molecule has 0 aliphatic heterocycles. The van der Waals surface area contributed by atoms with Gasteiger partial charge in [0.05, 0.1) is 21.8 Å².